The molecule has 0 aliphatic carbocycles. The Labute approximate surface area is 108 Å². The monoisotopic (exact) mass is 254 g/mol. The molecule has 17 heavy (non-hydrogen) atoms. The highest BCUT2D eigenvalue weighted by molar-refractivity contribution is 6.32. The molecule has 0 saturated carbocycles. The van der Waals surface area contributed by atoms with Crippen molar-refractivity contribution in [3.63, 3.8) is 0 Å². The Bertz CT molecular complexity index is 436. The summed E-state index contributed by atoms with van der Waals surface area (Å²) in [5.41, 5.74) is 4.09. The smallest absolute Gasteiger partial charge is 0.310 e. The molecule has 0 N–H and O–H groups in total. The lowest BCUT2D eigenvalue weighted by Crippen LogP contribution is -2.15. The number of hydrogen-bond donors (Lipinski definition) is 0. The van der Waals surface area contributed by atoms with E-state index in [1.54, 1.807) is 0 Å². The fourth-order valence-electron chi connectivity index (χ4n) is 1.92. The summed E-state index contributed by atoms with van der Waals surface area (Å²) in [5.74, 6) is -0.203. The molecule has 0 spiro atoms. The van der Waals surface area contributed by atoms with Gasteiger partial charge in [0, 0.05) is 5.02 Å². The van der Waals surface area contributed by atoms with Gasteiger partial charge in [0.2, 0.25) is 0 Å². The van der Waals surface area contributed by atoms with Gasteiger partial charge >= 0.3 is 5.97 Å². The molecule has 1 rings (SSSR count). The van der Waals surface area contributed by atoms with Crippen LogP contribution in [0.1, 0.15) is 36.1 Å². The number of carbonyl (C=O) groups excluding carboxylic acids is 1. The molecule has 0 aromatic heterocycles. The van der Waals surface area contributed by atoms with Gasteiger partial charge in [-0.3, -0.25) is 4.79 Å². The first kappa shape index (κ1) is 14.0. The molecule has 0 aliphatic rings. The van der Waals surface area contributed by atoms with E-state index in [-0.39, 0.29) is 18.5 Å². The SMILES string of the molecule is Cc1cc(C)c(CC(=O)OC(C)C)c(C)c1Cl. The van der Waals surface area contributed by atoms with Crippen molar-refractivity contribution in [3.05, 3.63) is 33.3 Å². The lowest BCUT2D eigenvalue weighted by molar-refractivity contribution is -0.146. The fourth-order valence-corrected chi connectivity index (χ4v) is 2.09. The van der Waals surface area contributed by atoms with E-state index in [0.717, 1.165) is 27.3 Å². The molecule has 0 atom stereocenters. The number of hydrogen-bond acceptors (Lipinski definition) is 2. The first-order valence-corrected chi connectivity index (χ1v) is 6.15. The van der Waals surface area contributed by atoms with E-state index in [4.69, 9.17) is 16.3 Å². The largest absolute Gasteiger partial charge is 0.463 e. The molecule has 94 valence electrons. The summed E-state index contributed by atoms with van der Waals surface area (Å²) in [4.78, 5) is 11.7. The summed E-state index contributed by atoms with van der Waals surface area (Å²) in [5, 5.41) is 0.739. The molecule has 0 aliphatic heterocycles. The van der Waals surface area contributed by atoms with E-state index in [9.17, 15) is 4.79 Å². The minimum absolute atomic E-state index is 0.0796. The van der Waals surface area contributed by atoms with E-state index in [2.05, 4.69) is 0 Å². The van der Waals surface area contributed by atoms with Crippen LogP contribution in [0.2, 0.25) is 5.02 Å². The van der Waals surface area contributed by atoms with Crippen LogP contribution in [0.5, 0.6) is 0 Å². The molecule has 0 fully saturated rings. The lowest BCUT2D eigenvalue weighted by atomic mass is 9.97. The highest BCUT2D eigenvalue weighted by atomic mass is 35.5. The normalized spacial score (nSPS) is 10.8. The average molecular weight is 255 g/mol. The van der Waals surface area contributed by atoms with Crippen LogP contribution in [0, 0.1) is 20.8 Å². The zero-order valence-corrected chi connectivity index (χ0v) is 11.8. The van der Waals surface area contributed by atoms with Crippen LogP contribution >= 0.6 is 11.6 Å². The second kappa shape index (κ2) is 5.54. The highest BCUT2D eigenvalue weighted by Gasteiger charge is 2.14. The van der Waals surface area contributed by atoms with Crippen LogP contribution in [0.15, 0.2) is 6.07 Å². The van der Waals surface area contributed by atoms with Gasteiger partial charge in [-0.05, 0) is 56.9 Å². The van der Waals surface area contributed by atoms with E-state index in [1.807, 2.05) is 40.7 Å². The third-order valence-electron chi connectivity index (χ3n) is 2.73. The maximum atomic E-state index is 11.7. The highest BCUT2D eigenvalue weighted by Crippen LogP contribution is 2.27. The van der Waals surface area contributed by atoms with Crippen LogP contribution in [0.25, 0.3) is 0 Å². The molecule has 1 aromatic rings. The Morgan fingerprint density at radius 3 is 2.41 bits per heavy atom. The van der Waals surface area contributed by atoms with Gasteiger partial charge in [-0.15, -0.1) is 0 Å². The number of ether oxygens (including phenoxy) is 1. The molecule has 2 nitrogen and oxygen atoms in total. The van der Waals surface area contributed by atoms with Crippen LogP contribution < -0.4 is 0 Å². The Morgan fingerprint density at radius 2 is 1.88 bits per heavy atom. The zero-order valence-electron chi connectivity index (χ0n) is 11.1. The predicted molar refractivity (Wildman–Crippen MR) is 70.6 cm³/mol. The summed E-state index contributed by atoms with van der Waals surface area (Å²) in [6, 6.07) is 2.01. The summed E-state index contributed by atoms with van der Waals surface area (Å²) >= 11 is 6.19. The lowest BCUT2D eigenvalue weighted by Gasteiger charge is -2.14. The van der Waals surface area contributed by atoms with Gasteiger partial charge in [-0.2, -0.15) is 0 Å². The van der Waals surface area contributed by atoms with Gasteiger partial charge in [-0.25, -0.2) is 0 Å². The van der Waals surface area contributed by atoms with Crippen molar-refractivity contribution in [1.29, 1.82) is 0 Å². The Balaban J connectivity index is 2.99. The molecule has 0 unspecified atom stereocenters. The summed E-state index contributed by atoms with van der Waals surface area (Å²) in [6.07, 6.45) is 0.208. The third-order valence-corrected chi connectivity index (χ3v) is 3.31. The fraction of sp³-hybridized carbons (Fsp3) is 0.500. The van der Waals surface area contributed by atoms with Crippen molar-refractivity contribution in [3.8, 4) is 0 Å². The zero-order chi connectivity index (χ0) is 13.2. The Hall–Kier alpha value is -1.02. The van der Waals surface area contributed by atoms with Gasteiger partial charge in [0.15, 0.2) is 0 Å². The van der Waals surface area contributed by atoms with Crippen LogP contribution in [0.3, 0.4) is 0 Å². The van der Waals surface area contributed by atoms with Crippen molar-refractivity contribution in [1.82, 2.24) is 0 Å². The molecular formula is C14H19ClO2. The number of halogens is 1. The molecule has 1 aromatic carbocycles. The Morgan fingerprint density at radius 1 is 1.29 bits per heavy atom. The van der Waals surface area contributed by atoms with Gasteiger partial charge in [0.1, 0.15) is 0 Å². The average Bonchev–Trinajstić information content (AvgIpc) is 2.20. The van der Waals surface area contributed by atoms with Gasteiger partial charge < -0.3 is 4.74 Å². The summed E-state index contributed by atoms with van der Waals surface area (Å²) < 4.78 is 5.15. The van der Waals surface area contributed by atoms with Crippen LogP contribution in [-0.4, -0.2) is 12.1 Å². The molecular weight excluding hydrogens is 236 g/mol. The van der Waals surface area contributed by atoms with Gasteiger partial charge in [-0.1, -0.05) is 17.7 Å². The van der Waals surface area contributed by atoms with Crippen molar-refractivity contribution in [2.75, 3.05) is 0 Å². The minimum atomic E-state index is -0.203. The second-order valence-corrected chi connectivity index (χ2v) is 5.02. The van der Waals surface area contributed by atoms with Crippen molar-refractivity contribution >= 4 is 17.6 Å². The van der Waals surface area contributed by atoms with Crippen molar-refractivity contribution in [2.24, 2.45) is 0 Å². The molecule has 0 radical (unpaired) electrons. The first-order chi connectivity index (χ1) is 7.82. The minimum Gasteiger partial charge on any atom is -0.463 e. The number of carbonyl (C=O) groups is 1. The van der Waals surface area contributed by atoms with E-state index in [0.29, 0.717) is 0 Å². The first-order valence-electron chi connectivity index (χ1n) is 5.77. The summed E-state index contributed by atoms with van der Waals surface area (Å²) in [6.45, 7) is 9.60. The quantitative estimate of drug-likeness (QED) is 0.768. The van der Waals surface area contributed by atoms with Crippen LogP contribution in [0.4, 0.5) is 0 Å². The standard InChI is InChI=1S/C14H19ClO2/c1-8(2)17-13(16)7-12-9(3)6-10(4)14(15)11(12)5/h6,8H,7H2,1-5H3. The second-order valence-electron chi connectivity index (χ2n) is 4.64. The van der Waals surface area contributed by atoms with E-state index < -0.39 is 0 Å². The van der Waals surface area contributed by atoms with Gasteiger partial charge in [0.25, 0.3) is 0 Å². The maximum absolute atomic E-state index is 11.7. The Kier molecular flexibility index (Phi) is 4.58. The number of aryl methyl sites for hydroxylation is 2. The van der Waals surface area contributed by atoms with Crippen molar-refractivity contribution in [2.45, 2.75) is 47.1 Å². The predicted octanol–water partition coefficient (Wildman–Crippen LogP) is 3.76. The molecule has 0 bridgehead atoms. The molecule has 0 heterocycles. The topological polar surface area (TPSA) is 26.3 Å². The number of esters is 1. The van der Waals surface area contributed by atoms with E-state index in [1.165, 1.54) is 0 Å². The molecule has 3 heteroatoms. The van der Waals surface area contributed by atoms with Crippen molar-refractivity contribution < 1.29 is 9.53 Å². The number of benzene rings is 1. The maximum Gasteiger partial charge on any atom is 0.310 e. The van der Waals surface area contributed by atoms with E-state index >= 15 is 0 Å². The van der Waals surface area contributed by atoms with Crippen LogP contribution in [-0.2, 0) is 16.0 Å². The van der Waals surface area contributed by atoms with Gasteiger partial charge in [0.05, 0.1) is 12.5 Å². The molecule has 0 saturated heterocycles. The summed E-state index contributed by atoms with van der Waals surface area (Å²) in [7, 11) is 0. The number of rotatable bonds is 3. The third kappa shape index (κ3) is 3.47. The molecule has 0 amide bonds.